The fourth-order valence-corrected chi connectivity index (χ4v) is 1.89. The summed E-state index contributed by atoms with van der Waals surface area (Å²) in [4.78, 5) is 7.23. The molecule has 0 amide bonds. The van der Waals surface area contributed by atoms with Gasteiger partial charge in [-0.25, -0.2) is 4.98 Å². The summed E-state index contributed by atoms with van der Waals surface area (Å²) in [6.45, 7) is 2.74. The Morgan fingerprint density at radius 1 is 1.39 bits per heavy atom. The molecule has 0 radical (unpaired) electrons. The van der Waals surface area contributed by atoms with Gasteiger partial charge in [0.1, 0.15) is 5.82 Å². The van der Waals surface area contributed by atoms with Gasteiger partial charge in [-0.15, -0.1) is 10.2 Å². The molecule has 0 saturated heterocycles. The zero-order valence-electron chi connectivity index (χ0n) is 10.0. The molecule has 3 aromatic rings. The molecule has 0 aromatic carbocycles. The number of pyridine rings is 1. The summed E-state index contributed by atoms with van der Waals surface area (Å²) in [6.07, 6.45) is 5.53. The van der Waals surface area contributed by atoms with E-state index in [-0.39, 0.29) is 6.04 Å². The summed E-state index contributed by atoms with van der Waals surface area (Å²) in [6, 6.07) is 5.97. The number of nitrogens with one attached hydrogen (secondary N) is 2. The number of rotatable bonds is 4. The van der Waals surface area contributed by atoms with Gasteiger partial charge in [0.2, 0.25) is 0 Å². The van der Waals surface area contributed by atoms with Crippen LogP contribution in [0.4, 0.5) is 0 Å². The van der Waals surface area contributed by atoms with Crippen LogP contribution in [0.15, 0.2) is 36.8 Å². The molecule has 2 N–H and O–H groups in total. The molecule has 3 aromatic heterocycles. The number of H-pyrrole nitrogens is 1. The van der Waals surface area contributed by atoms with Crippen LogP contribution in [0.2, 0.25) is 0 Å². The number of nitrogens with zero attached hydrogens (tertiary/aromatic N) is 4. The first-order valence-corrected chi connectivity index (χ1v) is 5.86. The van der Waals surface area contributed by atoms with Crippen molar-refractivity contribution in [2.75, 3.05) is 0 Å². The topological polar surface area (TPSA) is 70.9 Å². The van der Waals surface area contributed by atoms with Gasteiger partial charge in [-0.2, -0.15) is 0 Å². The minimum absolute atomic E-state index is 0.104. The van der Waals surface area contributed by atoms with Gasteiger partial charge < -0.3 is 10.3 Å². The Morgan fingerprint density at radius 2 is 2.33 bits per heavy atom. The van der Waals surface area contributed by atoms with Crippen molar-refractivity contribution < 1.29 is 0 Å². The standard InChI is InChI=1S/C12H14N6/c1-9(15-8-10-13-5-6-14-10)12-17-16-11-4-2-3-7-18(11)12/h2-7,9,15H,8H2,1H3,(H,13,14). The fraction of sp³-hybridized carbons (Fsp3) is 0.250. The number of imidazole rings is 1. The summed E-state index contributed by atoms with van der Waals surface area (Å²) < 4.78 is 1.99. The Bertz CT molecular complexity index is 627. The first-order chi connectivity index (χ1) is 8.84. The number of hydrogen-bond donors (Lipinski definition) is 2. The Kier molecular flexibility index (Phi) is 2.77. The van der Waals surface area contributed by atoms with E-state index in [2.05, 4.69) is 32.4 Å². The molecule has 1 unspecified atom stereocenters. The number of hydrogen-bond acceptors (Lipinski definition) is 4. The molecule has 0 aliphatic heterocycles. The lowest BCUT2D eigenvalue weighted by Crippen LogP contribution is -2.21. The predicted molar refractivity (Wildman–Crippen MR) is 66.8 cm³/mol. The summed E-state index contributed by atoms with van der Waals surface area (Å²) in [5, 5.41) is 11.7. The maximum absolute atomic E-state index is 4.22. The number of aromatic nitrogens is 5. The molecule has 0 saturated carbocycles. The lowest BCUT2D eigenvalue weighted by atomic mass is 10.3. The normalized spacial score (nSPS) is 12.9. The minimum atomic E-state index is 0.104. The van der Waals surface area contributed by atoms with Crippen molar-refractivity contribution in [3.8, 4) is 0 Å². The Morgan fingerprint density at radius 3 is 3.17 bits per heavy atom. The molecule has 3 rings (SSSR count). The summed E-state index contributed by atoms with van der Waals surface area (Å²) in [7, 11) is 0. The monoisotopic (exact) mass is 242 g/mol. The predicted octanol–water partition coefficient (Wildman–Crippen LogP) is 1.30. The Hall–Kier alpha value is -2.21. The minimum Gasteiger partial charge on any atom is -0.348 e. The molecule has 0 spiro atoms. The van der Waals surface area contributed by atoms with Gasteiger partial charge in [0.25, 0.3) is 0 Å². The van der Waals surface area contributed by atoms with E-state index in [1.54, 1.807) is 6.20 Å². The van der Waals surface area contributed by atoms with E-state index in [4.69, 9.17) is 0 Å². The molecule has 18 heavy (non-hydrogen) atoms. The molecule has 0 bridgehead atoms. The smallest absolute Gasteiger partial charge is 0.160 e. The average Bonchev–Trinajstić information content (AvgIpc) is 3.05. The summed E-state index contributed by atoms with van der Waals surface area (Å²) >= 11 is 0. The van der Waals surface area contributed by atoms with Gasteiger partial charge in [-0.1, -0.05) is 6.07 Å². The van der Waals surface area contributed by atoms with Crippen LogP contribution in [0.3, 0.4) is 0 Å². The highest BCUT2D eigenvalue weighted by atomic mass is 15.3. The van der Waals surface area contributed by atoms with Crippen LogP contribution in [-0.4, -0.2) is 24.6 Å². The van der Waals surface area contributed by atoms with E-state index in [1.807, 2.05) is 35.0 Å². The second-order valence-corrected chi connectivity index (χ2v) is 4.13. The van der Waals surface area contributed by atoms with E-state index in [1.165, 1.54) is 0 Å². The zero-order valence-corrected chi connectivity index (χ0v) is 10.0. The zero-order chi connectivity index (χ0) is 12.4. The lowest BCUT2D eigenvalue weighted by molar-refractivity contribution is 0.531. The summed E-state index contributed by atoms with van der Waals surface area (Å²) in [5.74, 6) is 1.81. The highest BCUT2D eigenvalue weighted by Crippen LogP contribution is 2.11. The van der Waals surface area contributed by atoms with Crippen LogP contribution < -0.4 is 5.32 Å². The van der Waals surface area contributed by atoms with Crippen LogP contribution in [-0.2, 0) is 6.54 Å². The van der Waals surface area contributed by atoms with E-state index >= 15 is 0 Å². The van der Waals surface area contributed by atoms with Gasteiger partial charge in [0.15, 0.2) is 11.5 Å². The highest BCUT2D eigenvalue weighted by Gasteiger charge is 2.12. The average molecular weight is 242 g/mol. The maximum atomic E-state index is 4.22. The van der Waals surface area contributed by atoms with Crippen LogP contribution in [0, 0.1) is 0 Å². The molecule has 92 valence electrons. The first kappa shape index (κ1) is 10.9. The quantitative estimate of drug-likeness (QED) is 0.723. The van der Waals surface area contributed by atoms with Crippen LogP contribution in [0.5, 0.6) is 0 Å². The summed E-state index contributed by atoms with van der Waals surface area (Å²) in [5.41, 5.74) is 0.860. The van der Waals surface area contributed by atoms with Crippen molar-refractivity contribution in [1.82, 2.24) is 29.9 Å². The molecule has 0 fully saturated rings. The van der Waals surface area contributed by atoms with Crippen molar-refractivity contribution in [2.24, 2.45) is 0 Å². The van der Waals surface area contributed by atoms with E-state index in [0.717, 1.165) is 17.3 Å². The third kappa shape index (κ3) is 1.98. The second kappa shape index (κ2) is 4.58. The highest BCUT2D eigenvalue weighted by molar-refractivity contribution is 5.37. The fourth-order valence-electron chi connectivity index (χ4n) is 1.89. The SMILES string of the molecule is CC(NCc1ncc[nH]1)c1nnc2ccccn12. The van der Waals surface area contributed by atoms with Crippen molar-refractivity contribution in [3.63, 3.8) is 0 Å². The van der Waals surface area contributed by atoms with Crippen molar-refractivity contribution in [1.29, 1.82) is 0 Å². The lowest BCUT2D eigenvalue weighted by Gasteiger charge is -2.10. The third-order valence-electron chi connectivity index (χ3n) is 2.86. The van der Waals surface area contributed by atoms with Gasteiger partial charge >= 0.3 is 0 Å². The van der Waals surface area contributed by atoms with Crippen LogP contribution in [0.1, 0.15) is 24.6 Å². The molecule has 3 heterocycles. The molecule has 0 aliphatic rings. The number of fused-ring (bicyclic) bond motifs is 1. The molecule has 6 nitrogen and oxygen atoms in total. The van der Waals surface area contributed by atoms with Crippen molar-refractivity contribution >= 4 is 5.65 Å². The molecular formula is C12H14N6. The first-order valence-electron chi connectivity index (χ1n) is 5.86. The molecular weight excluding hydrogens is 228 g/mol. The Labute approximate surface area is 104 Å². The Balaban J connectivity index is 1.77. The van der Waals surface area contributed by atoms with E-state index in [0.29, 0.717) is 6.54 Å². The van der Waals surface area contributed by atoms with Gasteiger partial charge in [0.05, 0.1) is 12.6 Å². The number of aromatic amines is 1. The van der Waals surface area contributed by atoms with Crippen molar-refractivity contribution in [2.45, 2.75) is 19.5 Å². The van der Waals surface area contributed by atoms with Gasteiger partial charge in [-0.3, -0.25) is 4.40 Å². The largest absolute Gasteiger partial charge is 0.348 e. The third-order valence-corrected chi connectivity index (χ3v) is 2.86. The van der Waals surface area contributed by atoms with Crippen molar-refractivity contribution in [3.05, 3.63) is 48.4 Å². The van der Waals surface area contributed by atoms with E-state index in [9.17, 15) is 0 Å². The van der Waals surface area contributed by atoms with Crippen LogP contribution >= 0.6 is 0 Å². The van der Waals surface area contributed by atoms with Crippen LogP contribution in [0.25, 0.3) is 5.65 Å². The van der Waals surface area contributed by atoms with Gasteiger partial charge in [0, 0.05) is 18.6 Å². The van der Waals surface area contributed by atoms with Gasteiger partial charge in [-0.05, 0) is 19.1 Å². The molecule has 6 heteroatoms. The molecule has 0 aliphatic carbocycles. The molecule has 1 atom stereocenters. The maximum Gasteiger partial charge on any atom is 0.160 e. The van der Waals surface area contributed by atoms with E-state index < -0.39 is 0 Å². The second-order valence-electron chi connectivity index (χ2n) is 4.13.